The van der Waals surface area contributed by atoms with Crippen LogP contribution in [0, 0.1) is 5.41 Å². The monoisotopic (exact) mass is 265 g/mol. The molecule has 1 aliphatic carbocycles. The van der Waals surface area contributed by atoms with E-state index in [2.05, 4.69) is 12.2 Å². The lowest BCUT2D eigenvalue weighted by Gasteiger charge is -2.18. The molecule has 1 aliphatic rings. The van der Waals surface area contributed by atoms with Crippen LogP contribution in [0.5, 0.6) is 0 Å². The summed E-state index contributed by atoms with van der Waals surface area (Å²) >= 11 is 11.9. The normalized spacial score (nSPS) is 28.6. The first-order valence-electron chi connectivity index (χ1n) is 6.02. The quantitative estimate of drug-likeness (QED) is 0.577. The molecular formula is C12H21Cl2NO. The summed E-state index contributed by atoms with van der Waals surface area (Å²) in [4.78, 5) is 11.9. The minimum absolute atomic E-state index is 0.0125. The molecule has 2 atom stereocenters. The van der Waals surface area contributed by atoms with Crippen LogP contribution in [-0.2, 0) is 4.79 Å². The van der Waals surface area contributed by atoms with Gasteiger partial charge in [0.2, 0.25) is 5.91 Å². The molecule has 1 rings (SSSR count). The summed E-state index contributed by atoms with van der Waals surface area (Å²) in [6, 6.07) is 0.209. The first-order chi connectivity index (χ1) is 7.33. The molecule has 0 aromatic heterocycles. The van der Waals surface area contributed by atoms with Gasteiger partial charge in [0.1, 0.15) is 4.33 Å². The van der Waals surface area contributed by atoms with E-state index in [-0.39, 0.29) is 11.9 Å². The highest BCUT2D eigenvalue weighted by Gasteiger charge is 2.67. The number of alkyl halides is 2. The van der Waals surface area contributed by atoms with Gasteiger partial charge >= 0.3 is 0 Å². The highest BCUT2D eigenvalue weighted by molar-refractivity contribution is 6.53. The minimum Gasteiger partial charge on any atom is -0.353 e. The Balaban J connectivity index is 2.30. The van der Waals surface area contributed by atoms with Crippen LogP contribution >= 0.6 is 23.2 Å². The second-order valence-electron chi connectivity index (χ2n) is 5.08. The maximum atomic E-state index is 11.9. The second kappa shape index (κ2) is 5.14. The number of hydrogen-bond donors (Lipinski definition) is 1. The van der Waals surface area contributed by atoms with Gasteiger partial charge in [-0.1, -0.05) is 26.2 Å². The number of halogens is 2. The van der Waals surface area contributed by atoms with Gasteiger partial charge in [-0.3, -0.25) is 4.79 Å². The van der Waals surface area contributed by atoms with Crippen LogP contribution in [0.3, 0.4) is 0 Å². The van der Waals surface area contributed by atoms with Gasteiger partial charge in [-0.05, 0) is 26.7 Å². The highest BCUT2D eigenvalue weighted by atomic mass is 35.5. The molecule has 0 heterocycles. The number of hydrogen-bond acceptors (Lipinski definition) is 1. The van der Waals surface area contributed by atoms with Crippen molar-refractivity contribution in [3.05, 3.63) is 0 Å². The molecule has 4 heteroatoms. The molecule has 1 amide bonds. The Morgan fingerprint density at radius 2 is 2.00 bits per heavy atom. The third-order valence-electron chi connectivity index (χ3n) is 3.38. The molecule has 2 nitrogen and oxygen atoms in total. The summed E-state index contributed by atoms with van der Waals surface area (Å²) in [5.74, 6) is -0.0125. The SMILES string of the molecule is CCCCCC(C)NC(=O)C1(C)CC1(Cl)Cl. The predicted molar refractivity (Wildman–Crippen MR) is 68.9 cm³/mol. The van der Waals surface area contributed by atoms with Crippen molar-refractivity contribution in [2.45, 2.75) is 63.3 Å². The molecule has 0 spiro atoms. The van der Waals surface area contributed by atoms with Gasteiger partial charge in [-0.25, -0.2) is 0 Å². The van der Waals surface area contributed by atoms with Gasteiger partial charge in [0.05, 0.1) is 5.41 Å². The fraction of sp³-hybridized carbons (Fsp3) is 0.917. The summed E-state index contributed by atoms with van der Waals surface area (Å²) in [5.41, 5.74) is -0.588. The molecule has 1 fully saturated rings. The van der Waals surface area contributed by atoms with Crippen molar-refractivity contribution >= 4 is 29.1 Å². The Labute approximate surface area is 108 Å². The van der Waals surface area contributed by atoms with Crippen molar-refractivity contribution in [1.82, 2.24) is 5.32 Å². The number of rotatable bonds is 6. The van der Waals surface area contributed by atoms with E-state index in [1.54, 1.807) is 0 Å². The molecular weight excluding hydrogens is 245 g/mol. The average Bonchev–Trinajstić information content (AvgIpc) is 2.68. The van der Waals surface area contributed by atoms with Crippen molar-refractivity contribution < 1.29 is 4.79 Å². The summed E-state index contributed by atoms with van der Waals surface area (Å²) in [6.07, 6.45) is 5.14. The van der Waals surface area contributed by atoms with Gasteiger partial charge < -0.3 is 5.32 Å². The van der Waals surface area contributed by atoms with Gasteiger partial charge in [0, 0.05) is 6.04 Å². The smallest absolute Gasteiger partial charge is 0.229 e. The zero-order chi connectivity index (χ0) is 12.4. The molecule has 0 radical (unpaired) electrons. The van der Waals surface area contributed by atoms with Crippen LogP contribution in [-0.4, -0.2) is 16.3 Å². The van der Waals surface area contributed by atoms with Crippen LogP contribution in [0.1, 0.15) is 52.9 Å². The minimum atomic E-state index is -0.861. The number of carbonyl (C=O) groups is 1. The Bertz CT molecular complexity index is 268. The van der Waals surface area contributed by atoms with Gasteiger partial charge in [-0.15, -0.1) is 23.2 Å². The molecule has 16 heavy (non-hydrogen) atoms. The zero-order valence-corrected chi connectivity index (χ0v) is 11.8. The number of unbranched alkanes of at least 4 members (excludes halogenated alkanes) is 2. The van der Waals surface area contributed by atoms with E-state index < -0.39 is 9.75 Å². The number of amides is 1. The van der Waals surface area contributed by atoms with Crippen molar-refractivity contribution in [3.63, 3.8) is 0 Å². The lowest BCUT2D eigenvalue weighted by Crippen LogP contribution is -2.39. The molecule has 1 saturated carbocycles. The van der Waals surface area contributed by atoms with E-state index in [9.17, 15) is 4.79 Å². The fourth-order valence-corrected chi connectivity index (χ4v) is 2.51. The lowest BCUT2D eigenvalue weighted by molar-refractivity contribution is -0.126. The summed E-state index contributed by atoms with van der Waals surface area (Å²) < 4.78 is -0.861. The standard InChI is InChI=1S/C12H21Cl2NO/c1-4-5-6-7-9(2)15-10(16)11(3)8-12(11,13)14/h9H,4-8H2,1-3H3,(H,15,16). The van der Waals surface area contributed by atoms with Gasteiger partial charge in [0.15, 0.2) is 0 Å². The first-order valence-corrected chi connectivity index (χ1v) is 6.78. The van der Waals surface area contributed by atoms with Crippen LogP contribution < -0.4 is 5.32 Å². The van der Waals surface area contributed by atoms with Gasteiger partial charge in [-0.2, -0.15) is 0 Å². The number of carbonyl (C=O) groups excluding carboxylic acids is 1. The third kappa shape index (κ3) is 3.04. The third-order valence-corrected chi connectivity index (χ3v) is 4.48. The van der Waals surface area contributed by atoms with Crippen molar-refractivity contribution in [2.75, 3.05) is 0 Å². The van der Waals surface area contributed by atoms with Crippen molar-refractivity contribution in [2.24, 2.45) is 5.41 Å². The lowest BCUT2D eigenvalue weighted by atomic mass is 10.1. The number of nitrogens with one attached hydrogen (secondary N) is 1. The van der Waals surface area contributed by atoms with E-state index in [0.29, 0.717) is 6.42 Å². The summed E-state index contributed by atoms with van der Waals surface area (Å²) in [5, 5.41) is 2.99. The highest BCUT2D eigenvalue weighted by Crippen LogP contribution is 2.63. The Hall–Kier alpha value is 0.0500. The van der Waals surface area contributed by atoms with E-state index >= 15 is 0 Å². The van der Waals surface area contributed by atoms with Gasteiger partial charge in [0.25, 0.3) is 0 Å². The molecule has 0 aromatic rings. The van der Waals surface area contributed by atoms with Crippen molar-refractivity contribution in [1.29, 1.82) is 0 Å². The molecule has 0 aliphatic heterocycles. The topological polar surface area (TPSA) is 29.1 Å². The largest absolute Gasteiger partial charge is 0.353 e. The van der Waals surface area contributed by atoms with Crippen molar-refractivity contribution in [3.8, 4) is 0 Å². The predicted octanol–water partition coefficient (Wildman–Crippen LogP) is 3.66. The molecule has 0 bridgehead atoms. The molecule has 0 aromatic carbocycles. The first kappa shape index (κ1) is 14.1. The maximum Gasteiger partial charge on any atom is 0.229 e. The van der Waals surface area contributed by atoms with E-state index in [1.807, 2.05) is 13.8 Å². The van der Waals surface area contributed by atoms with E-state index in [1.165, 1.54) is 12.8 Å². The summed E-state index contributed by atoms with van der Waals surface area (Å²) in [6.45, 7) is 6.02. The molecule has 1 N–H and O–H groups in total. The van der Waals surface area contributed by atoms with E-state index in [4.69, 9.17) is 23.2 Å². The van der Waals surface area contributed by atoms with E-state index in [0.717, 1.165) is 12.8 Å². The van der Waals surface area contributed by atoms with Crippen LogP contribution in [0.25, 0.3) is 0 Å². The molecule has 94 valence electrons. The van der Waals surface area contributed by atoms with Crippen LogP contribution in [0.4, 0.5) is 0 Å². The average molecular weight is 266 g/mol. The maximum absolute atomic E-state index is 11.9. The van der Waals surface area contributed by atoms with Crippen LogP contribution in [0.2, 0.25) is 0 Å². The Morgan fingerprint density at radius 3 is 2.44 bits per heavy atom. The van der Waals surface area contributed by atoms with Crippen LogP contribution in [0.15, 0.2) is 0 Å². The molecule has 2 unspecified atom stereocenters. The Kier molecular flexibility index (Phi) is 4.53. The molecule has 0 saturated heterocycles. The second-order valence-corrected chi connectivity index (χ2v) is 6.57. The Morgan fingerprint density at radius 1 is 1.44 bits per heavy atom. The zero-order valence-electron chi connectivity index (χ0n) is 10.3. The fourth-order valence-electron chi connectivity index (χ4n) is 1.80. The summed E-state index contributed by atoms with van der Waals surface area (Å²) in [7, 11) is 0.